The molecule has 1 heterocycles. The van der Waals surface area contributed by atoms with Gasteiger partial charge in [0.1, 0.15) is 0 Å². The maximum absolute atomic E-state index is 5.59. The van der Waals surface area contributed by atoms with Gasteiger partial charge in [0.25, 0.3) is 0 Å². The fourth-order valence-corrected chi connectivity index (χ4v) is 0.707. The van der Waals surface area contributed by atoms with Gasteiger partial charge in [-0.2, -0.15) is 0 Å². The van der Waals surface area contributed by atoms with Crippen molar-refractivity contribution < 1.29 is 4.74 Å². The molecule has 0 amide bonds. The molecule has 1 rings (SSSR count). The number of aromatic nitrogens is 1. The Labute approximate surface area is 78.5 Å². The number of pyridine rings is 1. The lowest BCUT2D eigenvalue weighted by atomic mass is 10.5. The van der Waals surface area contributed by atoms with Gasteiger partial charge in [-0.05, 0) is 13.0 Å². The average Bonchev–Trinajstić information content (AvgIpc) is 2.13. The summed E-state index contributed by atoms with van der Waals surface area (Å²) in [6.45, 7) is 6.55. The maximum atomic E-state index is 5.59. The average molecular weight is 188 g/mol. The van der Waals surface area contributed by atoms with Gasteiger partial charge < -0.3 is 4.74 Å². The predicted molar refractivity (Wildman–Crippen MR) is 51.8 cm³/mol. The molecule has 0 unspecified atom stereocenters. The van der Waals surface area contributed by atoms with E-state index in [2.05, 4.69) is 4.98 Å². The van der Waals surface area contributed by atoms with E-state index in [0.29, 0.717) is 17.5 Å². The van der Waals surface area contributed by atoms with Crippen LogP contribution in [-0.4, -0.2) is 11.6 Å². The zero-order chi connectivity index (χ0) is 9.40. The second kappa shape index (κ2) is 6.92. The van der Waals surface area contributed by atoms with Crippen molar-refractivity contribution in [3.8, 4) is 5.88 Å². The van der Waals surface area contributed by atoms with E-state index < -0.39 is 0 Å². The van der Waals surface area contributed by atoms with Crippen LogP contribution in [0.5, 0.6) is 5.88 Å². The molecule has 0 saturated heterocycles. The van der Waals surface area contributed by atoms with E-state index in [-0.39, 0.29) is 0 Å². The highest BCUT2D eigenvalue weighted by molar-refractivity contribution is 6.30. The number of nitrogens with zero attached hydrogens (tertiary/aromatic N) is 1. The van der Waals surface area contributed by atoms with Crippen molar-refractivity contribution in [2.24, 2.45) is 0 Å². The Balaban J connectivity index is 0.000000561. The van der Waals surface area contributed by atoms with E-state index in [4.69, 9.17) is 16.3 Å². The van der Waals surface area contributed by atoms with Crippen LogP contribution in [0.15, 0.2) is 18.3 Å². The minimum absolute atomic E-state index is 0.618. The van der Waals surface area contributed by atoms with Crippen LogP contribution in [-0.2, 0) is 0 Å². The molecule has 0 saturated carbocycles. The SMILES string of the molecule is CC.CCOc1ccc(Cl)cn1. The summed E-state index contributed by atoms with van der Waals surface area (Å²) < 4.78 is 5.09. The summed E-state index contributed by atoms with van der Waals surface area (Å²) in [6.07, 6.45) is 1.56. The molecule has 68 valence electrons. The van der Waals surface area contributed by atoms with E-state index in [1.807, 2.05) is 20.8 Å². The molecule has 0 N–H and O–H groups in total. The first-order valence-electron chi connectivity index (χ1n) is 4.07. The van der Waals surface area contributed by atoms with Gasteiger partial charge in [-0.3, -0.25) is 0 Å². The zero-order valence-corrected chi connectivity index (χ0v) is 8.43. The van der Waals surface area contributed by atoms with E-state index >= 15 is 0 Å². The number of hydrogen-bond donors (Lipinski definition) is 0. The van der Waals surface area contributed by atoms with Gasteiger partial charge >= 0.3 is 0 Å². The fourth-order valence-electron chi connectivity index (χ4n) is 0.596. The summed E-state index contributed by atoms with van der Waals surface area (Å²) in [5, 5.41) is 0.628. The van der Waals surface area contributed by atoms with E-state index in [1.54, 1.807) is 18.3 Å². The molecule has 0 aliphatic carbocycles. The minimum Gasteiger partial charge on any atom is -0.478 e. The molecule has 0 atom stereocenters. The van der Waals surface area contributed by atoms with Crippen LogP contribution in [0.2, 0.25) is 5.02 Å². The summed E-state index contributed by atoms with van der Waals surface area (Å²) in [5.74, 6) is 0.618. The molecule has 0 spiro atoms. The Morgan fingerprint density at radius 3 is 2.50 bits per heavy atom. The van der Waals surface area contributed by atoms with Crippen LogP contribution >= 0.6 is 11.6 Å². The molecule has 3 heteroatoms. The van der Waals surface area contributed by atoms with Crippen LogP contribution in [0.25, 0.3) is 0 Å². The van der Waals surface area contributed by atoms with Gasteiger partial charge in [0.05, 0.1) is 11.6 Å². The summed E-state index contributed by atoms with van der Waals surface area (Å²) in [4.78, 5) is 3.91. The van der Waals surface area contributed by atoms with Crippen LogP contribution in [0, 0.1) is 0 Å². The standard InChI is InChI=1S/C7H8ClNO.C2H6/c1-2-10-7-4-3-6(8)5-9-7;1-2/h3-5H,2H2,1H3;1-2H3. The molecule has 0 radical (unpaired) electrons. The second-order valence-corrected chi connectivity index (χ2v) is 2.18. The maximum Gasteiger partial charge on any atom is 0.213 e. The third-order valence-corrected chi connectivity index (χ3v) is 1.22. The molecule has 0 aliphatic rings. The Hall–Kier alpha value is -0.760. The van der Waals surface area contributed by atoms with E-state index in [0.717, 1.165) is 0 Å². The lowest BCUT2D eigenvalue weighted by molar-refractivity contribution is 0.327. The smallest absolute Gasteiger partial charge is 0.213 e. The van der Waals surface area contributed by atoms with Crippen molar-refractivity contribution in [3.05, 3.63) is 23.4 Å². The molecular formula is C9H14ClNO. The van der Waals surface area contributed by atoms with Crippen molar-refractivity contribution in [1.82, 2.24) is 4.98 Å². The Morgan fingerprint density at radius 1 is 1.42 bits per heavy atom. The normalized spacial score (nSPS) is 8.33. The first kappa shape index (κ1) is 11.2. The molecule has 2 nitrogen and oxygen atoms in total. The van der Waals surface area contributed by atoms with Crippen LogP contribution in [0.3, 0.4) is 0 Å². The fraction of sp³-hybridized carbons (Fsp3) is 0.444. The highest BCUT2D eigenvalue weighted by Gasteiger charge is 1.90. The summed E-state index contributed by atoms with van der Waals surface area (Å²) in [7, 11) is 0. The van der Waals surface area contributed by atoms with Gasteiger partial charge in [-0.25, -0.2) is 4.98 Å². The van der Waals surface area contributed by atoms with Gasteiger partial charge in [0, 0.05) is 12.3 Å². The Kier molecular flexibility index (Phi) is 6.48. The predicted octanol–water partition coefficient (Wildman–Crippen LogP) is 3.16. The Bertz CT molecular complexity index is 198. The van der Waals surface area contributed by atoms with Crippen molar-refractivity contribution in [1.29, 1.82) is 0 Å². The highest BCUT2D eigenvalue weighted by atomic mass is 35.5. The summed E-state index contributed by atoms with van der Waals surface area (Å²) in [5.41, 5.74) is 0. The van der Waals surface area contributed by atoms with Gasteiger partial charge in [0.15, 0.2) is 0 Å². The lowest BCUT2D eigenvalue weighted by Gasteiger charge is -1.99. The number of halogens is 1. The molecule has 0 aromatic carbocycles. The summed E-state index contributed by atoms with van der Waals surface area (Å²) in [6, 6.07) is 3.49. The first-order valence-corrected chi connectivity index (χ1v) is 4.45. The van der Waals surface area contributed by atoms with Crippen molar-refractivity contribution in [2.75, 3.05) is 6.61 Å². The van der Waals surface area contributed by atoms with Gasteiger partial charge in [-0.1, -0.05) is 25.4 Å². The van der Waals surface area contributed by atoms with Crippen molar-refractivity contribution >= 4 is 11.6 Å². The highest BCUT2D eigenvalue weighted by Crippen LogP contribution is 2.10. The molecule has 0 aliphatic heterocycles. The number of hydrogen-bond acceptors (Lipinski definition) is 2. The topological polar surface area (TPSA) is 22.1 Å². The summed E-state index contributed by atoms with van der Waals surface area (Å²) >= 11 is 5.59. The van der Waals surface area contributed by atoms with Crippen LogP contribution in [0.1, 0.15) is 20.8 Å². The molecule has 1 aromatic heterocycles. The van der Waals surface area contributed by atoms with Crippen molar-refractivity contribution in [3.63, 3.8) is 0 Å². The largest absolute Gasteiger partial charge is 0.478 e. The molecule has 1 aromatic rings. The third-order valence-electron chi connectivity index (χ3n) is 0.992. The van der Waals surface area contributed by atoms with E-state index in [9.17, 15) is 0 Å². The van der Waals surface area contributed by atoms with Crippen LogP contribution < -0.4 is 4.74 Å². The third kappa shape index (κ3) is 4.19. The lowest BCUT2D eigenvalue weighted by Crippen LogP contribution is -1.92. The quantitative estimate of drug-likeness (QED) is 0.710. The van der Waals surface area contributed by atoms with Gasteiger partial charge in [0.2, 0.25) is 5.88 Å². The van der Waals surface area contributed by atoms with Crippen LogP contribution in [0.4, 0.5) is 0 Å². The number of ether oxygens (including phenoxy) is 1. The zero-order valence-electron chi connectivity index (χ0n) is 7.67. The second-order valence-electron chi connectivity index (χ2n) is 1.75. The monoisotopic (exact) mass is 187 g/mol. The Morgan fingerprint density at radius 2 is 2.08 bits per heavy atom. The molecule has 0 fully saturated rings. The minimum atomic E-state index is 0.618. The molecule has 12 heavy (non-hydrogen) atoms. The van der Waals surface area contributed by atoms with Crippen molar-refractivity contribution in [2.45, 2.75) is 20.8 Å². The molecule has 0 bridgehead atoms. The first-order chi connectivity index (χ1) is 5.83. The van der Waals surface area contributed by atoms with E-state index in [1.165, 1.54) is 0 Å². The van der Waals surface area contributed by atoms with Gasteiger partial charge in [-0.15, -0.1) is 0 Å². The molecular weight excluding hydrogens is 174 g/mol. The number of rotatable bonds is 2.